The monoisotopic (exact) mass is 367 g/mol. The second-order valence-corrected chi connectivity index (χ2v) is 5.45. The molecular formula is C16H9BrF3NO. The maximum Gasteiger partial charge on any atom is 0.184 e. The van der Waals surface area contributed by atoms with Gasteiger partial charge in [0.15, 0.2) is 11.6 Å². The summed E-state index contributed by atoms with van der Waals surface area (Å²) in [7, 11) is 0. The summed E-state index contributed by atoms with van der Waals surface area (Å²) in [5, 5.41) is 0.395. The largest absolute Gasteiger partial charge is 0.454 e. The Balaban J connectivity index is 2.10. The second kappa shape index (κ2) is 5.61. The lowest BCUT2D eigenvalue weighted by Crippen LogP contribution is -1.96. The molecule has 3 aromatic rings. The van der Waals surface area contributed by atoms with Gasteiger partial charge in [-0.25, -0.2) is 18.2 Å². The van der Waals surface area contributed by atoms with Crippen LogP contribution < -0.4 is 4.74 Å². The molecule has 3 rings (SSSR count). The third-order valence-electron chi connectivity index (χ3n) is 3.16. The maximum absolute atomic E-state index is 13.7. The predicted octanol–water partition coefficient (Wildman–Crippen LogP) is 5.52. The van der Waals surface area contributed by atoms with Crippen molar-refractivity contribution in [2.24, 2.45) is 0 Å². The van der Waals surface area contributed by atoms with Crippen molar-refractivity contribution in [1.29, 1.82) is 0 Å². The van der Waals surface area contributed by atoms with E-state index >= 15 is 0 Å². The number of nitrogens with zero attached hydrogens (tertiary/aromatic N) is 1. The lowest BCUT2D eigenvalue weighted by atomic mass is 10.2. The van der Waals surface area contributed by atoms with Crippen LogP contribution in [0.1, 0.15) is 5.69 Å². The van der Waals surface area contributed by atoms with Crippen LogP contribution in [0.5, 0.6) is 11.5 Å². The first-order valence-corrected chi connectivity index (χ1v) is 7.14. The highest BCUT2D eigenvalue weighted by Crippen LogP contribution is 2.34. The van der Waals surface area contributed by atoms with E-state index in [1.54, 1.807) is 13.0 Å². The molecule has 1 heterocycles. The van der Waals surface area contributed by atoms with E-state index in [-0.39, 0.29) is 15.7 Å². The van der Waals surface area contributed by atoms with E-state index in [4.69, 9.17) is 4.74 Å². The van der Waals surface area contributed by atoms with Crippen LogP contribution in [0.3, 0.4) is 0 Å². The van der Waals surface area contributed by atoms with Crippen LogP contribution in [0, 0.1) is 24.4 Å². The first kappa shape index (κ1) is 14.8. The van der Waals surface area contributed by atoms with Gasteiger partial charge in [0.05, 0.1) is 10.2 Å². The quantitative estimate of drug-likeness (QED) is 0.595. The van der Waals surface area contributed by atoms with Gasteiger partial charge >= 0.3 is 0 Å². The molecule has 0 aliphatic carbocycles. The molecule has 0 fully saturated rings. The van der Waals surface area contributed by atoms with Gasteiger partial charge in [-0.15, -0.1) is 0 Å². The zero-order valence-corrected chi connectivity index (χ0v) is 12.9. The molecule has 6 heteroatoms. The van der Waals surface area contributed by atoms with Crippen molar-refractivity contribution < 1.29 is 17.9 Å². The fourth-order valence-corrected chi connectivity index (χ4v) is 2.38. The molecule has 0 bridgehead atoms. The average molecular weight is 368 g/mol. The van der Waals surface area contributed by atoms with Crippen LogP contribution >= 0.6 is 15.9 Å². The second-order valence-electron chi connectivity index (χ2n) is 4.66. The minimum atomic E-state index is -1.00. The summed E-state index contributed by atoms with van der Waals surface area (Å²) in [6.07, 6.45) is 0. The van der Waals surface area contributed by atoms with Crippen molar-refractivity contribution in [2.45, 2.75) is 6.92 Å². The zero-order valence-electron chi connectivity index (χ0n) is 11.3. The van der Waals surface area contributed by atoms with E-state index < -0.39 is 17.5 Å². The Morgan fingerprint density at radius 2 is 1.77 bits per heavy atom. The van der Waals surface area contributed by atoms with Gasteiger partial charge in [0.25, 0.3) is 0 Å². The van der Waals surface area contributed by atoms with E-state index in [1.165, 1.54) is 24.3 Å². The minimum Gasteiger partial charge on any atom is -0.454 e. The average Bonchev–Trinajstić information content (AvgIpc) is 2.49. The number of hydrogen-bond acceptors (Lipinski definition) is 2. The molecule has 0 atom stereocenters. The molecule has 112 valence electrons. The summed E-state index contributed by atoms with van der Waals surface area (Å²) < 4.78 is 46.3. The van der Waals surface area contributed by atoms with Crippen molar-refractivity contribution in [3.8, 4) is 11.5 Å². The van der Waals surface area contributed by atoms with Gasteiger partial charge in [0.2, 0.25) is 0 Å². The van der Waals surface area contributed by atoms with E-state index in [1.807, 2.05) is 0 Å². The number of fused-ring (bicyclic) bond motifs is 1. The standard InChI is InChI=1S/C16H9BrF3NO/c1-8-13(22-12-4-2-3-10(18)14(12)17)7-9-5-6-11(19)15(20)16(9)21-8/h2-7H,1H3. The van der Waals surface area contributed by atoms with Gasteiger partial charge in [0.1, 0.15) is 22.8 Å². The van der Waals surface area contributed by atoms with Gasteiger partial charge in [-0.3, -0.25) is 0 Å². The summed E-state index contributed by atoms with van der Waals surface area (Å²) >= 11 is 3.10. The van der Waals surface area contributed by atoms with E-state index in [9.17, 15) is 13.2 Å². The number of ether oxygens (including phenoxy) is 1. The first-order valence-electron chi connectivity index (χ1n) is 6.34. The van der Waals surface area contributed by atoms with E-state index in [0.717, 1.165) is 6.07 Å². The topological polar surface area (TPSA) is 22.1 Å². The first-order chi connectivity index (χ1) is 10.5. The van der Waals surface area contributed by atoms with Gasteiger partial charge in [-0.2, -0.15) is 0 Å². The summed E-state index contributed by atoms with van der Waals surface area (Å²) in [6.45, 7) is 1.60. The van der Waals surface area contributed by atoms with Crippen molar-refractivity contribution in [1.82, 2.24) is 4.98 Å². The summed E-state index contributed by atoms with van der Waals surface area (Å²) in [6, 6.07) is 8.36. The van der Waals surface area contributed by atoms with Crippen LogP contribution in [-0.2, 0) is 0 Å². The Kier molecular flexibility index (Phi) is 3.78. The lowest BCUT2D eigenvalue weighted by Gasteiger charge is -2.11. The van der Waals surface area contributed by atoms with Gasteiger partial charge < -0.3 is 4.74 Å². The maximum atomic E-state index is 13.7. The highest BCUT2D eigenvalue weighted by molar-refractivity contribution is 9.10. The molecule has 0 spiro atoms. The number of hydrogen-bond donors (Lipinski definition) is 0. The number of aryl methyl sites for hydroxylation is 1. The SMILES string of the molecule is Cc1nc2c(F)c(F)ccc2cc1Oc1cccc(F)c1Br. The van der Waals surface area contributed by atoms with Crippen molar-refractivity contribution in [2.75, 3.05) is 0 Å². The highest BCUT2D eigenvalue weighted by Gasteiger charge is 2.14. The molecule has 22 heavy (non-hydrogen) atoms. The van der Waals surface area contributed by atoms with Gasteiger partial charge in [-0.1, -0.05) is 6.07 Å². The Morgan fingerprint density at radius 3 is 2.55 bits per heavy atom. The Hall–Kier alpha value is -2.08. The number of aromatic nitrogens is 1. The molecule has 0 aliphatic heterocycles. The van der Waals surface area contributed by atoms with Crippen molar-refractivity contribution >= 4 is 26.8 Å². The normalized spacial score (nSPS) is 11.0. The highest BCUT2D eigenvalue weighted by atomic mass is 79.9. The van der Waals surface area contributed by atoms with Crippen LogP contribution in [0.15, 0.2) is 40.9 Å². The van der Waals surface area contributed by atoms with Crippen LogP contribution in [0.4, 0.5) is 13.2 Å². The molecule has 0 amide bonds. The van der Waals surface area contributed by atoms with Crippen LogP contribution in [0.25, 0.3) is 10.9 Å². The Morgan fingerprint density at radius 1 is 1.00 bits per heavy atom. The van der Waals surface area contributed by atoms with E-state index in [0.29, 0.717) is 16.8 Å². The zero-order chi connectivity index (χ0) is 15.9. The summed E-state index contributed by atoms with van der Waals surface area (Å²) in [5.74, 6) is -1.81. The number of pyridine rings is 1. The predicted molar refractivity (Wildman–Crippen MR) is 80.6 cm³/mol. The summed E-state index contributed by atoms with van der Waals surface area (Å²) in [5.41, 5.74) is 0.302. The molecule has 0 radical (unpaired) electrons. The molecule has 0 aliphatic rings. The molecule has 0 N–H and O–H groups in total. The van der Waals surface area contributed by atoms with E-state index in [2.05, 4.69) is 20.9 Å². The molecule has 0 unspecified atom stereocenters. The fourth-order valence-electron chi connectivity index (χ4n) is 2.04. The van der Waals surface area contributed by atoms with Crippen LogP contribution in [-0.4, -0.2) is 4.98 Å². The fraction of sp³-hybridized carbons (Fsp3) is 0.0625. The Bertz CT molecular complexity index is 883. The molecule has 0 saturated heterocycles. The smallest absolute Gasteiger partial charge is 0.184 e. The van der Waals surface area contributed by atoms with Crippen molar-refractivity contribution in [3.05, 3.63) is 64.0 Å². The molecule has 0 saturated carbocycles. The van der Waals surface area contributed by atoms with Gasteiger partial charge in [0, 0.05) is 5.39 Å². The lowest BCUT2D eigenvalue weighted by molar-refractivity contribution is 0.466. The molecule has 2 nitrogen and oxygen atoms in total. The number of halogens is 4. The molecule has 1 aromatic heterocycles. The third-order valence-corrected chi connectivity index (χ3v) is 3.93. The molecule has 2 aromatic carbocycles. The summed E-state index contributed by atoms with van der Waals surface area (Å²) in [4.78, 5) is 4.04. The number of benzene rings is 2. The Labute approximate surface area is 132 Å². The third kappa shape index (κ3) is 2.54. The minimum absolute atomic E-state index is 0.0665. The number of rotatable bonds is 2. The van der Waals surface area contributed by atoms with Gasteiger partial charge in [-0.05, 0) is 53.2 Å². The van der Waals surface area contributed by atoms with Crippen LogP contribution in [0.2, 0.25) is 0 Å². The molecular weight excluding hydrogens is 359 g/mol. The van der Waals surface area contributed by atoms with Crippen molar-refractivity contribution in [3.63, 3.8) is 0 Å².